The Kier molecular flexibility index (Phi) is 4.40. The van der Waals surface area contributed by atoms with Crippen molar-refractivity contribution in [1.82, 2.24) is 9.78 Å². The third-order valence-electron chi connectivity index (χ3n) is 3.34. The van der Waals surface area contributed by atoms with E-state index in [0.29, 0.717) is 11.5 Å². The van der Waals surface area contributed by atoms with Gasteiger partial charge in [0, 0.05) is 11.6 Å². The number of Topliss-reactive ketones (excluding diaryl/α,β-unsaturated/α-hetero) is 1. The van der Waals surface area contributed by atoms with Gasteiger partial charge in [0.05, 0.1) is 17.0 Å². The Balaban J connectivity index is 1.80. The molecule has 1 amide bonds. The first kappa shape index (κ1) is 16.9. The lowest BCUT2D eigenvalue weighted by Gasteiger charge is -2.10. The van der Waals surface area contributed by atoms with Gasteiger partial charge in [0.1, 0.15) is 11.0 Å². The summed E-state index contributed by atoms with van der Waals surface area (Å²) >= 11 is 3.01. The van der Waals surface area contributed by atoms with Crippen LogP contribution < -0.4 is 14.8 Å². The number of benzene rings is 1. The molecule has 1 aliphatic rings. The fourth-order valence-corrected chi connectivity index (χ4v) is 2.73. The zero-order valence-electron chi connectivity index (χ0n) is 12.8. The van der Waals surface area contributed by atoms with Crippen molar-refractivity contribution in [1.29, 1.82) is 0 Å². The van der Waals surface area contributed by atoms with E-state index in [1.165, 1.54) is 25.3 Å². The van der Waals surface area contributed by atoms with Crippen LogP contribution in [0.15, 0.2) is 22.8 Å². The number of ketones is 1. The molecule has 0 saturated heterocycles. The predicted molar refractivity (Wildman–Crippen MR) is 87.8 cm³/mol. The number of hydrogen-bond donors (Lipinski definition) is 1. The molecular weight excluding hydrogens is 400 g/mol. The Labute approximate surface area is 149 Å². The number of halogens is 1. The summed E-state index contributed by atoms with van der Waals surface area (Å²) in [4.78, 5) is 34.1. The lowest BCUT2D eigenvalue weighted by Crippen LogP contribution is -2.20. The fourth-order valence-electron chi connectivity index (χ4n) is 2.27. The van der Waals surface area contributed by atoms with E-state index in [-0.39, 0.29) is 40.7 Å². The predicted octanol–water partition coefficient (Wildman–Crippen LogP) is 2.12. The summed E-state index contributed by atoms with van der Waals surface area (Å²) in [5, 5.41) is 17.1. The van der Waals surface area contributed by atoms with Gasteiger partial charge in [-0.25, -0.2) is 0 Å². The van der Waals surface area contributed by atoms with Gasteiger partial charge >= 0.3 is 5.82 Å². The third kappa shape index (κ3) is 3.45. The van der Waals surface area contributed by atoms with E-state index in [0.717, 1.165) is 4.68 Å². The molecule has 1 N–H and O–H groups in total. The zero-order valence-corrected chi connectivity index (χ0v) is 14.4. The maximum absolute atomic E-state index is 12.2. The third-order valence-corrected chi connectivity index (χ3v) is 3.90. The van der Waals surface area contributed by atoms with Crippen molar-refractivity contribution in [2.45, 2.75) is 13.5 Å². The number of fused-ring (bicyclic) bond motifs is 1. The van der Waals surface area contributed by atoms with Crippen LogP contribution in [0.3, 0.4) is 0 Å². The van der Waals surface area contributed by atoms with Crippen LogP contribution in [0.4, 0.5) is 11.5 Å². The summed E-state index contributed by atoms with van der Waals surface area (Å²) < 4.78 is 11.7. The van der Waals surface area contributed by atoms with Gasteiger partial charge < -0.3 is 24.9 Å². The molecule has 3 rings (SSSR count). The molecule has 0 fully saturated rings. The highest BCUT2D eigenvalue weighted by atomic mass is 79.9. The number of nitro groups is 1. The van der Waals surface area contributed by atoms with E-state index in [1.807, 2.05) is 0 Å². The number of hydrogen-bond acceptors (Lipinski definition) is 7. The van der Waals surface area contributed by atoms with E-state index in [4.69, 9.17) is 9.47 Å². The molecule has 1 aromatic carbocycles. The van der Waals surface area contributed by atoms with Crippen LogP contribution in [0.1, 0.15) is 17.3 Å². The average Bonchev–Trinajstić information content (AvgIpc) is 3.11. The SMILES string of the molecule is CC(=O)c1cc2c(cc1NC(=O)Cn1cc(Br)c([N+](=O)[O-])n1)OCO2. The molecule has 2 aromatic rings. The molecule has 0 radical (unpaired) electrons. The minimum absolute atomic E-state index is 0.0368. The molecular formula is C14H11BrN4O6. The van der Waals surface area contributed by atoms with E-state index in [9.17, 15) is 19.7 Å². The Morgan fingerprint density at radius 2 is 2.08 bits per heavy atom. The molecule has 0 saturated carbocycles. The van der Waals surface area contributed by atoms with Crippen molar-refractivity contribution in [3.8, 4) is 11.5 Å². The standard InChI is InChI=1S/C14H11BrN4O6/c1-7(20)8-2-11-12(25-6-24-11)3-10(8)16-13(21)5-18-4-9(15)14(17-18)19(22)23/h2-4H,5-6H2,1H3,(H,16,21). The maximum atomic E-state index is 12.2. The second-order valence-corrected chi connectivity index (χ2v) is 5.97. The monoisotopic (exact) mass is 410 g/mol. The highest BCUT2D eigenvalue weighted by molar-refractivity contribution is 9.10. The second kappa shape index (κ2) is 6.51. The molecule has 0 bridgehead atoms. The van der Waals surface area contributed by atoms with E-state index < -0.39 is 10.8 Å². The van der Waals surface area contributed by atoms with Crippen LogP contribution >= 0.6 is 15.9 Å². The summed E-state index contributed by atoms with van der Waals surface area (Å²) in [5.41, 5.74) is 0.535. The number of nitrogens with one attached hydrogen (secondary N) is 1. The van der Waals surface area contributed by atoms with Gasteiger partial charge in [-0.3, -0.25) is 9.59 Å². The van der Waals surface area contributed by atoms with Gasteiger partial charge in [0.25, 0.3) is 0 Å². The molecule has 0 aliphatic carbocycles. The van der Waals surface area contributed by atoms with Gasteiger partial charge in [0.15, 0.2) is 17.3 Å². The van der Waals surface area contributed by atoms with Crippen molar-refractivity contribution in [2.75, 3.05) is 12.1 Å². The molecule has 1 aliphatic heterocycles. The summed E-state index contributed by atoms with van der Waals surface area (Å²) in [6.07, 6.45) is 1.32. The van der Waals surface area contributed by atoms with Gasteiger partial charge in [0.2, 0.25) is 12.7 Å². The number of aromatic nitrogens is 2. The quantitative estimate of drug-likeness (QED) is 0.454. The average molecular weight is 411 g/mol. The van der Waals surface area contributed by atoms with Gasteiger partial charge in [-0.1, -0.05) is 0 Å². The van der Waals surface area contributed by atoms with Crippen LogP contribution in [0.2, 0.25) is 0 Å². The minimum Gasteiger partial charge on any atom is -0.454 e. The lowest BCUT2D eigenvalue weighted by molar-refractivity contribution is -0.390. The maximum Gasteiger partial charge on any atom is 0.404 e. The lowest BCUT2D eigenvalue weighted by atomic mass is 10.1. The Morgan fingerprint density at radius 3 is 2.68 bits per heavy atom. The first-order valence-electron chi connectivity index (χ1n) is 6.97. The van der Waals surface area contributed by atoms with Crippen LogP contribution in [0.25, 0.3) is 0 Å². The highest BCUT2D eigenvalue weighted by Gasteiger charge is 2.22. The Bertz CT molecular complexity index is 894. The number of amides is 1. The number of carbonyl (C=O) groups is 2. The Hall–Kier alpha value is -2.95. The molecule has 25 heavy (non-hydrogen) atoms. The van der Waals surface area contributed by atoms with Crippen LogP contribution in [0.5, 0.6) is 11.5 Å². The Morgan fingerprint density at radius 1 is 1.40 bits per heavy atom. The summed E-state index contributed by atoms with van der Waals surface area (Å²) in [6, 6.07) is 2.99. The molecule has 10 nitrogen and oxygen atoms in total. The molecule has 0 spiro atoms. The molecule has 11 heteroatoms. The summed E-state index contributed by atoms with van der Waals surface area (Å²) in [6.45, 7) is 1.13. The zero-order chi connectivity index (χ0) is 18.1. The van der Waals surface area contributed by atoms with Crippen LogP contribution in [-0.2, 0) is 11.3 Å². The van der Waals surface area contributed by atoms with Gasteiger partial charge in [-0.2, -0.15) is 4.68 Å². The van der Waals surface area contributed by atoms with Crippen molar-refractivity contribution < 1.29 is 24.0 Å². The smallest absolute Gasteiger partial charge is 0.404 e. The molecule has 130 valence electrons. The normalized spacial score (nSPS) is 12.1. The number of carbonyl (C=O) groups excluding carboxylic acids is 2. The van der Waals surface area contributed by atoms with Crippen molar-refractivity contribution in [2.24, 2.45) is 0 Å². The largest absolute Gasteiger partial charge is 0.454 e. The van der Waals surface area contributed by atoms with Crippen molar-refractivity contribution >= 4 is 39.1 Å². The summed E-state index contributed by atoms with van der Waals surface area (Å²) in [5.74, 6) is -0.315. The topological polar surface area (TPSA) is 126 Å². The van der Waals surface area contributed by atoms with E-state index in [1.54, 1.807) is 0 Å². The van der Waals surface area contributed by atoms with Crippen molar-refractivity contribution in [3.05, 3.63) is 38.5 Å². The number of ether oxygens (including phenoxy) is 2. The van der Waals surface area contributed by atoms with Gasteiger partial charge in [-0.05, 0) is 33.8 Å². The summed E-state index contributed by atoms with van der Waals surface area (Å²) in [7, 11) is 0. The number of rotatable bonds is 5. The number of nitrogens with zero attached hydrogens (tertiary/aromatic N) is 3. The van der Waals surface area contributed by atoms with E-state index in [2.05, 4.69) is 26.3 Å². The molecule has 0 unspecified atom stereocenters. The first-order chi connectivity index (χ1) is 11.8. The first-order valence-corrected chi connectivity index (χ1v) is 7.76. The molecule has 2 heterocycles. The molecule has 1 aromatic heterocycles. The number of anilines is 1. The minimum atomic E-state index is -0.663. The van der Waals surface area contributed by atoms with Crippen molar-refractivity contribution in [3.63, 3.8) is 0 Å². The van der Waals surface area contributed by atoms with Crippen LogP contribution in [0, 0.1) is 10.1 Å². The second-order valence-electron chi connectivity index (χ2n) is 5.11. The van der Waals surface area contributed by atoms with Crippen LogP contribution in [-0.4, -0.2) is 33.2 Å². The van der Waals surface area contributed by atoms with Gasteiger partial charge in [-0.15, -0.1) is 0 Å². The highest BCUT2D eigenvalue weighted by Crippen LogP contribution is 2.37. The fraction of sp³-hybridized carbons (Fsp3) is 0.214. The van der Waals surface area contributed by atoms with E-state index >= 15 is 0 Å². The molecule has 0 atom stereocenters.